The van der Waals surface area contributed by atoms with Crippen molar-refractivity contribution < 1.29 is 18.8 Å². The van der Waals surface area contributed by atoms with Gasteiger partial charge in [0.25, 0.3) is 11.7 Å². The van der Waals surface area contributed by atoms with Crippen LogP contribution in [0.5, 0.6) is 0 Å². The number of ketones is 1. The van der Waals surface area contributed by atoms with Crippen molar-refractivity contribution in [1.82, 2.24) is 4.90 Å². The van der Waals surface area contributed by atoms with Gasteiger partial charge in [0.15, 0.2) is 0 Å². The van der Waals surface area contributed by atoms with Crippen molar-refractivity contribution in [1.29, 1.82) is 0 Å². The fraction of sp³-hybridized carbons (Fsp3) is 0.357. The number of halogens is 1. The zero-order valence-electron chi connectivity index (χ0n) is 11.4. The van der Waals surface area contributed by atoms with Gasteiger partial charge in [-0.05, 0) is 24.6 Å². The van der Waals surface area contributed by atoms with Gasteiger partial charge >= 0.3 is 0 Å². The minimum absolute atomic E-state index is 0.0533. The van der Waals surface area contributed by atoms with E-state index >= 15 is 0 Å². The maximum Gasteiger partial charge on any atom is 0.299 e. The number of hydrogen-bond acceptors (Lipinski definition) is 3. The molecular weight excluding hydrogens is 263 g/mol. The van der Waals surface area contributed by atoms with Gasteiger partial charge in [0.1, 0.15) is 5.82 Å². The van der Waals surface area contributed by atoms with Gasteiger partial charge in [-0.1, -0.05) is 0 Å². The summed E-state index contributed by atoms with van der Waals surface area (Å²) >= 11 is 0. The maximum absolute atomic E-state index is 13.2. The van der Waals surface area contributed by atoms with Crippen LogP contribution in [0, 0.1) is 5.82 Å². The van der Waals surface area contributed by atoms with Crippen molar-refractivity contribution in [2.24, 2.45) is 0 Å². The summed E-state index contributed by atoms with van der Waals surface area (Å²) in [6.45, 7) is 0.223. The molecule has 1 heterocycles. The molecular formula is C14H15FN2O3. The Hall–Kier alpha value is -2.24. The molecule has 5 nitrogen and oxygen atoms in total. The molecule has 2 amide bonds. The van der Waals surface area contributed by atoms with Crippen LogP contribution in [0.3, 0.4) is 0 Å². The molecule has 106 valence electrons. The molecule has 0 unspecified atom stereocenters. The van der Waals surface area contributed by atoms with Crippen LogP contribution in [-0.4, -0.2) is 43.1 Å². The predicted molar refractivity (Wildman–Crippen MR) is 71.0 cm³/mol. The molecule has 20 heavy (non-hydrogen) atoms. The maximum atomic E-state index is 13.2. The minimum atomic E-state index is -0.664. The first kappa shape index (κ1) is 14.2. The second kappa shape index (κ2) is 5.40. The first-order valence-electron chi connectivity index (χ1n) is 6.27. The van der Waals surface area contributed by atoms with E-state index in [9.17, 15) is 18.8 Å². The fourth-order valence-electron chi connectivity index (χ4n) is 2.10. The van der Waals surface area contributed by atoms with Crippen LogP contribution in [0.4, 0.5) is 10.1 Å². The van der Waals surface area contributed by atoms with Gasteiger partial charge in [-0.25, -0.2) is 4.39 Å². The average molecular weight is 278 g/mol. The molecule has 0 aliphatic carbocycles. The summed E-state index contributed by atoms with van der Waals surface area (Å²) in [5.41, 5.74) is 0.507. The van der Waals surface area contributed by atoms with Crippen molar-refractivity contribution in [3.8, 4) is 0 Å². The molecule has 2 rings (SSSR count). The van der Waals surface area contributed by atoms with Crippen molar-refractivity contribution in [2.75, 3.05) is 25.5 Å². The standard InChI is InChI=1S/C14H15FN2O3/c1-16(2)12(18)4-3-7-17-11-8-9(15)5-6-10(11)13(19)14(17)20/h5-6,8H,3-4,7H2,1-2H3. The lowest BCUT2D eigenvalue weighted by molar-refractivity contribution is -0.128. The number of carbonyl (C=O) groups excluding carboxylic acids is 3. The first-order valence-corrected chi connectivity index (χ1v) is 6.27. The molecule has 1 aromatic rings. The van der Waals surface area contributed by atoms with E-state index in [0.29, 0.717) is 6.42 Å². The number of carbonyl (C=O) groups is 3. The largest absolute Gasteiger partial charge is 0.349 e. The molecule has 0 atom stereocenters. The molecule has 0 saturated carbocycles. The SMILES string of the molecule is CN(C)C(=O)CCCN1C(=O)C(=O)c2ccc(F)cc21. The lowest BCUT2D eigenvalue weighted by atomic mass is 10.1. The number of Topliss-reactive ketones (excluding diaryl/α,β-unsaturated/α-hetero) is 1. The third kappa shape index (κ3) is 2.54. The molecule has 6 heteroatoms. The van der Waals surface area contributed by atoms with E-state index in [1.54, 1.807) is 14.1 Å². The van der Waals surface area contributed by atoms with Gasteiger partial charge in [-0.15, -0.1) is 0 Å². The highest BCUT2D eigenvalue weighted by molar-refractivity contribution is 6.52. The van der Waals surface area contributed by atoms with Crippen LogP contribution in [0.1, 0.15) is 23.2 Å². The van der Waals surface area contributed by atoms with Gasteiger partial charge in [0, 0.05) is 27.1 Å². The number of fused-ring (bicyclic) bond motifs is 1. The first-order chi connectivity index (χ1) is 9.41. The number of benzene rings is 1. The number of amides is 2. The Kier molecular flexibility index (Phi) is 3.83. The zero-order valence-corrected chi connectivity index (χ0v) is 11.4. The summed E-state index contributed by atoms with van der Waals surface area (Å²) in [5, 5.41) is 0. The van der Waals surface area contributed by atoms with Crippen LogP contribution >= 0.6 is 0 Å². The van der Waals surface area contributed by atoms with Gasteiger partial charge in [0.2, 0.25) is 5.91 Å². The molecule has 0 spiro atoms. The molecule has 0 fully saturated rings. The second-order valence-corrected chi connectivity index (χ2v) is 4.84. The second-order valence-electron chi connectivity index (χ2n) is 4.84. The van der Waals surface area contributed by atoms with E-state index in [1.807, 2.05) is 0 Å². The highest BCUT2D eigenvalue weighted by Crippen LogP contribution is 2.29. The van der Waals surface area contributed by atoms with E-state index in [2.05, 4.69) is 0 Å². The Labute approximate surface area is 116 Å². The quantitative estimate of drug-likeness (QED) is 0.778. The van der Waals surface area contributed by atoms with E-state index in [1.165, 1.54) is 21.9 Å². The Balaban J connectivity index is 2.10. The summed E-state index contributed by atoms with van der Waals surface area (Å²) in [6.07, 6.45) is 0.696. The molecule has 0 N–H and O–H groups in total. The Morgan fingerprint density at radius 3 is 2.65 bits per heavy atom. The Bertz CT molecular complexity index is 584. The monoisotopic (exact) mass is 278 g/mol. The number of anilines is 1. The van der Waals surface area contributed by atoms with Gasteiger partial charge in [-0.3, -0.25) is 14.4 Å². The van der Waals surface area contributed by atoms with Crippen molar-refractivity contribution in [3.63, 3.8) is 0 Å². The van der Waals surface area contributed by atoms with Crippen LogP contribution in [0.2, 0.25) is 0 Å². The normalized spacial score (nSPS) is 13.7. The molecule has 0 aromatic heterocycles. The van der Waals surface area contributed by atoms with E-state index in [0.717, 1.165) is 6.07 Å². The highest BCUT2D eigenvalue weighted by Gasteiger charge is 2.35. The molecule has 0 saturated heterocycles. The van der Waals surface area contributed by atoms with Crippen molar-refractivity contribution in [3.05, 3.63) is 29.6 Å². The van der Waals surface area contributed by atoms with Gasteiger partial charge < -0.3 is 9.80 Å². The lowest BCUT2D eigenvalue weighted by Crippen LogP contribution is -2.31. The van der Waals surface area contributed by atoms with E-state index in [4.69, 9.17) is 0 Å². The molecule has 1 aliphatic rings. The summed E-state index contributed by atoms with van der Waals surface area (Å²) in [4.78, 5) is 37.7. The zero-order chi connectivity index (χ0) is 14.9. The summed E-state index contributed by atoms with van der Waals surface area (Å²) in [5.74, 6) is -1.84. The third-order valence-corrected chi connectivity index (χ3v) is 3.21. The van der Waals surface area contributed by atoms with Crippen LogP contribution in [-0.2, 0) is 9.59 Å². The smallest absolute Gasteiger partial charge is 0.299 e. The highest BCUT2D eigenvalue weighted by atomic mass is 19.1. The van der Waals surface area contributed by atoms with Crippen LogP contribution < -0.4 is 4.90 Å². The minimum Gasteiger partial charge on any atom is -0.349 e. The summed E-state index contributed by atoms with van der Waals surface area (Å²) in [6, 6.07) is 3.64. The van der Waals surface area contributed by atoms with Crippen LogP contribution in [0.25, 0.3) is 0 Å². The van der Waals surface area contributed by atoms with E-state index < -0.39 is 17.5 Å². The van der Waals surface area contributed by atoms with Gasteiger partial charge in [0.05, 0.1) is 11.3 Å². The Morgan fingerprint density at radius 2 is 2.00 bits per heavy atom. The molecule has 1 aliphatic heterocycles. The van der Waals surface area contributed by atoms with Crippen molar-refractivity contribution >= 4 is 23.3 Å². The lowest BCUT2D eigenvalue weighted by Gasteiger charge is -2.17. The number of rotatable bonds is 4. The molecule has 0 radical (unpaired) electrons. The van der Waals surface area contributed by atoms with E-state index in [-0.39, 0.29) is 30.1 Å². The topological polar surface area (TPSA) is 57.7 Å². The van der Waals surface area contributed by atoms with Crippen LogP contribution in [0.15, 0.2) is 18.2 Å². The number of nitrogens with zero attached hydrogens (tertiary/aromatic N) is 2. The Morgan fingerprint density at radius 1 is 1.30 bits per heavy atom. The summed E-state index contributed by atoms with van der Waals surface area (Å²) < 4.78 is 13.2. The summed E-state index contributed by atoms with van der Waals surface area (Å²) in [7, 11) is 3.30. The van der Waals surface area contributed by atoms with Gasteiger partial charge in [-0.2, -0.15) is 0 Å². The fourth-order valence-corrected chi connectivity index (χ4v) is 2.10. The van der Waals surface area contributed by atoms with Crippen molar-refractivity contribution in [2.45, 2.75) is 12.8 Å². The average Bonchev–Trinajstić information content (AvgIpc) is 2.63. The third-order valence-electron chi connectivity index (χ3n) is 3.21. The number of hydrogen-bond donors (Lipinski definition) is 0. The molecule has 1 aromatic carbocycles. The predicted octanol–water partition coefficient (Wildman–Crippen LogP) is 1.22. The molecule has 0 bridgehead atoms.